The summed E-state index contributed by atoms with van der Waals surface area (Å²) in [4.78, 5) is 0. The molecule has 2 N–H and O–H groups in total. The van der Waals surface area contributed by atoms with Crippen molar-refractivity contribution in [1.29, 1.82) is 0 Å². The van der Waals surface area contributed by atoms with Crippen LogP contribution in [0.3, 0.4) is 0 Å². The lowest BCUT2D eigenvalue weighted by Crippen LogP contribution is -2.59. The molecule has 6 heteroatoms. The Morgan fingerprint density at radius 1 is 1.07 bits per heavy atom. The van der Waals surface area contributed by atoms with Crippen molar-refractivity contribution in [1.82, 2.24) is 0 Å². The van der Waals surface area contributed by atoms with Gasteiger partial charge in [0.1, 0.15) is 24.4 Å². The van der Waals surface area contributed by atoms with Gasteiger partial charge >= 0.3 is 0 Å². The van der Waals surface area contributed by atoms with Crippen molar-refractivity contribution in [3.8, 4) is 0 Å². The highest BCUT2D eigenvalue weighted by molar-refractivity contribution is 4.90. The normalized spacial score (nSPS) is 41.8. The van der Waals surface area contributed by atoms with Crippen molar-refractivity contribution >= 4 is 0 Å². The summed E-state index contributed by atoms with van der Waals surface area (Å²) in [7, 11) is 4.34. The highest BCUT2D eigenvalue weighted by Gasteiger charge is 2.44. The highest BCUT2D eigenvalue weighted by atomic mass is 16.7. The van der Waals surface area contributed by atoms with Crippen molar-refractivity contribution in [3.05, 3.63) is 0 Å². The largest absolute Gasteiger partial charge is 0.387 e. The fourth-order valence-electron chi connectivity index (χ4n) is 1.68. The van der Waals surface area contributed by atoms with Crippen LogP contribution in [0.25, 0.3) is 0 Å². The van der Waals surface area contributed by atoms with Crippen LogP contribution in [-0.4, -0.2) is 68.9 Å². The zero-order valence-corrected chi connectivity index (χ0v) is 9.12. The number of methoxy groups -OCH3 is 3. The second-order valence-corrected chi connectivity index (χ2v) is 3.42. The number of rotatable bonds is 4. The summed E-state index contributed by atoms with van der Waals surface area (Å²) in [5.41, 5.74) is 0. The van der Waals surface area contributed by atoms with Crippen molar-refractivity contribution in [2.45, 2.75) is 30.7 Å². The third-order valence-electron chi connectivity index (χ3n) is 2.48. The molecule has 0 aromatic rings. The number of hydrogen-bond acceptors (Lipinski definition) is 6. The van der Waals surface area contributed by atoms with E-state index in [1.165, 1.54) is 21.3 Å². The van der Waals surface area contributed by atoms with Crippen LogP contribution in [0.1, 0.15) is 0 Å². The smallest absolute Gasteiger partial charge is 0.186 e. The van der Waals surface area contributed by atoms with Crippen molar-refractivity contribution in [3.63, 3.8) is 0 Å². The van der Waals surface area contributed by atoms with E-state index in [0.29, 0.717) is 0 Å². The van der Waals surface area contributed by atoms with Crippen molar-refractivity contribution in [2.24, 2.45) is 0 Å². The zero-order chi connectivity index (χ0) is 11.4. The van der Waals surface area contributed by atoms with Gasteiger partial charge in [-0.25, -0.2) is 0 Å². The van der Waals surface area contributed by atoms with Crippen molar-refractivity contribution < 1.29 is 29.2 Å². The van der Waals surface area contributed by atoms with Gasteiger partial charge in [0.15, 0.2) is 6.29 Å². The van der Waals surface area contributed by atoms with Gasteiger partial charge in [-0.2, -0.15) is 0 Å². The predicted octanol–water partition coefficient (Wildman–Crippen LogP) is -1.26. The Morgan fingerprint density at radius 3 is 2.20 bits per heavy atom. The number of aliphatic hydroxyl groups excluding tert-OH is 2. The van der Waals surface area contributed by atoms with Crippen LogP contribution in [0.4, 0.5) is 0 Å². The second kappa shape index (κ2) is 5.74. The van der Waals surface area contributed by atoms with Crippen LogP contribution >= 0.6 is 0 Å². The van der Waals surface area contributed by atoms with E-state index in [-0.39, 0.29) is 6.61 Å². The highest BCUT2D eigenvalue weighted by Crippen LogP contribution is 2.23. The van der Waals surface area contributed by atoms with Crippen LogP contribution in [0.5, 0.6) is 0 Å². The van der Waals surface area contributed by atoms with Gasteiger partial charge in [-0.3, -0.25) is 0 Å². The Balaban J connectivity index is 2.70. The summed E-state index contributed by atoms with van der Waals surface area (Å²) < 4.78 is 20.2. The first-order valence-corrected chi connectivity index (χ1v) is 4.71. The number of aliphatic hydroxyl groups is 2. The first-order valence-electron chi connectivity index (χ1n) is 4.71. The molecule has 0 amide bonds. The minimum absolute atomic E-state index is 0.216. The van der Waals surface area contributed by atoms with Gasteiger partial charge in [-0.15, -0.1) is 0 Å². The van der Waals surface area contributed by atoms with Gasteiger partial charge in [0.25, 0.3) is 0 Å². The summed E-state index contributed by atoms with van der Waals surface area (Å²) in [6.45, 7) is 0.216. The molecule has 0 bridgehead atoms. The van der Waals surface area contributed by atoms with E-state index in [1.54, 1.807) is 0 Å². The summed E-state index contributed by atoms with van der Waals surface area (Å²) in [6.07, 6.45) is -4.05. The standard InChI is InChI=1S/C9H18O6/c1-12-4-5-6(10)8(13-2)7(11)9(14-3)15-5/h5-11H,4H2,1-3H3/t5-,6-,7-,8?,9?/m1/s1. The lowest BCUT2D eigenvalue weighted by atomic mass is 9.99. The first kappa shape index (κ1) is 12.8. The number of hydrogen-bond donors (Lipinski definition) is 2. The molecule has 90 valence electrons. The quantitative estimate of drug-likeness (QED) is 0.618. The molecule has 1 rings (SSSR count). The van der Waals surface area contributed by atoms with E-state index < -0.39 is 30.7 Å². The maximum atomic E-state index is 9.80. The molecule has 0 aromatic carbocycles. The molecule has 1 aliphatic heterocycles. The predicted molar refractivity (Wildman–Crippen MR) is 50.4 cm³/mol. The Morgan fingerprint density at radius 2 is 1.73 bits per heavy atom. The fraction of sp³-hybridized carbons (Fsp3) is 1.00. The Hall–Kier alpha value is -0.240. The lowest BCUT2D eigenvalue weighted by molar-refractivity contribution is -0.299. The topological polar surface area (TPSA) is 77.4 Å². The molecule has 0 aromatic heterocycles. The molecular formula is C9H18O6. The van der Waals surface area contributed by atoms with Gasteiger partial charge in [-0.05, 0) is 0 Å². The molecule has 0 radical (unpaired) electrons. The molecule has 1 fully saturated rings. The summed E-state index contributed by atoms with van der Waals surface area (Å²) in [5.74, 6) is 0. The molecule has 0 aliphatic carbocycles. The minimum Gasteiger partial charge on any atom is -0.387 e. The van der Waals surface area contributed by atoms with Gasteiger partial charge < -0.3 is 29.2 Å². The van der Waals surface area contributed by atoms with Crippen LogP contribution in [-0.2, 0) is 18.9 Å². The molecule has 2 unspecified atom stereocenters. The molecule has 6 nitrogen and oxygen atoms in total. The maximum Gasteiger partial charge on any atom is 0.186 e. The molecule has 1 saturated heterocycles. The Kier molecular flexibility index (Phi) is 4.91. The summed E-state index contributed by atoms with van der Waals surface area (Å²) in [6, 6.07) is 0. The molecule has 15 heavy (non-hydrogen) atoms. The Bertz CT molecular complexity index is 187. The van der Waals surface area contributed by atoms with Crippen LogP contribution in [0, 0.1) is 0 Å². The van der Waals surface area contributed by atoms with E-state index in [4.69, 9.17) is 18.9 Å². The minimum atomic E-state index is -1.01. The average Bonchev–Trinajstić information content (AvgIpc) is 2.23. The third kappa shape index (κ3) is 2.66. The third-order valence-corrected chi connectivity index (χ3v) is 2.48. The zero-order valence-electron chi connectivity index (χ0n) is 9.12. The first-order chi connectivity index (χ1) is 7.15. The molecule has 5 atom stereocenters. The molecule has 1 aliphatic rings. The van der Waals surface area contributed by atoms with E-state index in [2.05, 4.69) is 0 Å². The van der Waals surface area contributed by atoms with Gasteiger partial charge in [0.2, 0.25) is 0 Å². The van der Waals surface area contributed by atoms with E-state index in [9.17, 15) is 10.2 Å². The maximum absolute atomic E-state index is 9.80. The van der Waals surface area contributed by atoms with Crippen LogP contribution < -0.4 is 0 Å². The SMILES string of the molecule is COC[C@H]1OC(OC)[C@H](O)C(OC)[C@@H]1O. The molecule has 0 spiro atoms. The van der Waals surface area contributed by atoms with Crippen molar-refractivity contribution in [2.75, 3.05) is 27.9 Å². The summed E-state index contributed by atoms with van der Waals surface area (Å²) >= 11 is 0. The molecule has 0 saturated carbocycles. The van der Waals surface area contributed by atoms with E-state index in [1.807, 2.05) is 0 Å². The monoisotopic (exact) mass is 222 g/mol. The lowest BCUT2D eigenvalue weighted by Gasteiger charge is -2.41. The van der Waals surface area contributed by atoms with E-state index >= 15 is 0 Å². The van der Waals surface area contributed by atoms with Gasteiger partial charge in [-0.1, -0.05) is 0 Å². The van der Waals surface area contributed by atoms with Crippen LogP contribution in [0.15, 0.2) is 0 Å². The van der Waals surface area contributed by atoms with Gasteiger partial charge in [0.05, 0.1) is 6.61 Å². The second-order valence-electron chi connectivity index (χ2n) is 3.42. The molecule has 1 heterocycles. The summed E-state index contributed by atoms with van der Waals surface area (Å²) in [5, 5.41) is 19.5. The van der Waals surface area contributed by atoms with Gasteiger partial charge in [0, 0.05) is 21.3 Å². The Labute approximate surface area is 88.7 Å². The van der Waals surface area contributed by atoms with Crippen LogP contribution in [0.2, 0.25) is 0 Å². The fourth-order valence-corrected chi connectivity index (χ4v) is 1.68. The number of ether oxygens (including phenoxy) is 4. The van der Waals surface area contributed by atoms with E-state index in [0.717, 1.165) is 0 Å². The molecular weight excluding hydrogens is 204 g/mol. The average molecular weight is 222 g/mol.